The number of halogens is 3. The van der Waals surface area contributed by atoms with Gasteiger partial charge >= 0.3 is 12.1 Å². The number of carboxylic acid groups (broad SMARTS) is 1. The summed E-state index contributed by atoms with van der Waals surface area (Å²) >= 11 is 0. The molecule has 1 saturated heterocycles. The van der Waals surface area contributed by atoms with Crippen molar-refractivity contribution in [1.29, 1.82) is 0 Å². The van der Waals surface area contributed by atoms with Crippen molar-refractivity contribution in [2.75, 3.05) is 13.1 Å². The molecule has 1 aliphatic rings. The zero-order valence-electron chi connectivity index (χ0n) is 17.3. The molecule has 2 unspecified atom stereocenters. The minimum atomic E-state index is -4.38. The lowest BCUT2D eigenvalue weighted by Gasteiger charge is -2.25. The highest BCUT2D eigenvalue weighted by molar-refractivity contribution is 5.77. The summed E-state index contributed by atoms with van der Waals surface area (Å²) in [5, 5.41) is 13.2. The molecular weight excluding hydrogens is 391 g/mol. The molecule has 2 aromatic rings. The van der Waals surface area contributed by atoms with Crippen molar-refractivity contribution in [2.45, 2.75) is 51.1 Å². The predicted molar refractivity (Wildman–Crippen MR) is 112 cm³/mol. The van der Waals surface area contributed by atoms with Gasteiger partial charge in [0.25, 0.3) is 0 Å². The molecule has 0 saturated carbocycles. The summed E-state index contributed by atoms with van der Waals surface area (Å²) in [7, 11) is 0. The molecule has 2 atom stereocenters. The van der Waals surface area contributed by atoms with E-state index in [0.29, 0.717) is 17.5 Å². The summed E-state index contributed by atoms with van der Waals surface area (Å²) in [6.07, 6.45) is -1.83. The number of carbonyl (C=O) groups is 1. The average Bonchev–Trinajstić information content (AvgIpc) is 2.71. The molecule has 6 heteroatoms. The largest absolute Gasteiger partial charge is 0.481 e. The maximum absolute atomic E-state index is 12.9. The lowest BCUT2D eigenvalue weighted by Crippen LogP contribution is -2.28. The minimum Gasteiger partial charge on any atom is -0.481 e. The third kappa shape index (κ3) is 5.42. The van der Waals surface area contributed by atoms with E-state index in [1.54, 1.807) is 0 Å². The summed E-state index contributed by atoms with van der Waals surface area (Å²) in [5.41, 5.74) is 2.49. The van der Waals surface area contributed by atoms with Gasteiger partial charge in [-0.2, -0.15) is 13.2 Å². The summed E-state index contributed by atoms with van der Waals surface area (Å²) < 4.78 is 38.8. The zero-order valence-corrected chi connectivity index (χ0v) is 17.3. The van der Waals surface area contributed by atoms with E-state index in [-0.39, 0.29) is 11.8 Å². The maximum atomic E-state index is 12.9. The van der Waals surface area contributed by atoms with Crippen molar-refractivity contribution < 1.29 is 23.1 Å². The van der Waals surface area contributed by atoms with Crippen molar-refractivity contribution in [2.24, 2.45) is 5.92 Å². The number of benzene rings is 2. The Kier molecular flexibility index (Phi) is 6.86. The second-order valence-corrected chi connectivity index (χ2v) is 8.53. The predicted octanol–water partition coefficient (Wildman–Crippen LogP) is 6.05. The molecule has 3 nitrogen and oxygen atoms in total. The van der Waals surface area contributed by atoms with E-state index < -0.39 is 23.6 Å². The van der Waals surface area contributed by atoms with Crippen LogP contribution in [0.1, 0.15) is 61.6 Å². The number of nitrogens with one attached hydrogen (secondary N) is 1. The molecule has 1 fully saturated rings. The van der Waals surface area contributed by atoms with E-state index in [1.807, 2.05) is 32.0 Å². The first-order valence-corrected chi connectivity index (χ1v) is 10.4. The van der Waals surface area contributed by atoms with E-state index in [0.717, 1.165) is 49.2 Å². The Morgan fingerprint density at radius 3 is 2.37 bits per heavy atom. The first-order valence-electron chi connectivity index (χ1n) is 10.4. The van der Waals surface area contributed by atoms with E-state index in [1.165, 1.54) is 12.1 Å². The van der Waals surface area contributed by atoms with Crippen LogP contribution in [0.3, 0.4) is 0 Å². The standard InChI is InChI=1S/C24H28F3NO2/c1-15(2)10-22(23(29)30)20-12-18(11-19(13-20)17-4-3-9-28-14-17)16-5-7-21(8-6-16)24(25,26)27/h5-8,11-13,15,17,22,28H,3-4,9-10,14H2,1-2H3,(H,29,30). The molecule has 0 amide bonds. The second kappa shape index (κ2) is 9.21. The number of hydrogen-bond acceptors (Lipinski definition) is 2. The average molecular weight is 419 g/mol. The fourth-order valence-corrected chi connectivity index (χ4v) is 4.12. The molecule has 0 aliphatic carbocycles. The number of rotatable bonds is 6. The van der Waals surface area contributed by atoms with Gasteiger partial charge in [0.1, 0.15) is 0 Å². The van der Waals surface area contributed by atoms with Crippen LogP contribution in [0.25, 0.3) is 11.1 Å². The number of alkyl halides is 3. The Morgan fingerprint density at radius 1 is 1.13 bits per heavy atom. The van der Waals surface area contributed by atoms with E-state index in [9.17, 15) is 23.1 Å². The number of aliphatic carboxylic acids is 1. The number of carboxylic acids is 1. The highest BCUT2D eigenvalue weighted by Crippen LogP contribution is 2.35. The summed E-state index contributed by atoms with van der Waals surface area (Å²) in [6, 6.07) is 10.9. The lowest BCUT2D eigenvalue weighted by atomic mass is 9.83. The van der Waals surface area contributed by atoms with Crippen LogP contribution in [-0.4, -0.2) is 24.2 Å². The number of piperidine rings is 1. The Bertz CT molecular complexity index is 869. The molecule has 0 spiro atoms. The van der Waals surface area contributed by atoms with Crippen LogP contribution in [-0.2, 0) is 11.0 Å². The Labute approximate surface area is 175 Å². The molecule has 0 aromatic heterocycles. The normalized spacial score (nSPS) is 18.4. The van der Waals surface area contributed by atoms with Crippen LogP contribution in [0.2, 0.25) is 0 Å². The molecule has 0 bridgehead atoms. The van der Waals surface area contributed by atoms with Crippen molar-refractivity contribution >= 4 is 5.97 Å². The third-order valence-electron chi connectivity index (χ3n) is 5.70. The van der Waals surface area contributed by atoms with Gasteiger partial charge in [-0.25, -0.2) is 0 Å². The zero-order chi connectivity index (χ0) is 21.9. The van der Waals surface area contributed by atoms with Crippen LogP contribution < -0.4 is 5.32 Å². The van der Waals surface area contributed by atoms with E-state index >= 15 is 0 Å². The molecule has 30 heavy (non-hydrogen) atoms. The van der Waals surface area contributed by atoms with Crippen molar-refractivity contribution in [3.05, 3.63) is 59.2 Å². The molecule has 1 aliphatic heterocycles. The van der Waals surface area contributed by atoms with Crippen LogP contribution in [0.5, 0.6) is 0 Å². The van der Waals surface area contributed by atoms with Gasteiger partial charge in [-0.15, -0.1) is 0 Å². The summed E-state index contributed by atoms with van der Waals surface area (Å²) in [4.78, 5) is 12.0. The molecule has 2 N–H and O–H groups in total. The highest BCUT2D eigenvalue weighted by Gasteiger charge is 2.30. The van der Waals surface area contributed by atoms with E-state index in [4.69, 9.17) is 0 Å². The van der Waals surface area contributed by atoms with Gasteiger partial charge in [-0.3, -0.25) is 4.79 Å². The molecule has 3 rings (SSSR count). The van der Waals surface area contributed by atoms with Crippen LogP contribution in [0.4, 0.5) is 13.2 Å². The van der Waals surface area contributed by atoms with Crippen LogP contribution in [0, 0.1) is 5.92 Å². The third-order valence-corrected chi connectivity index (χ3v) is 5.70. The first-order chi connectivity index (χ1) is 14.1. The van der Waals surface area contributed by atoms with Crippen LogP contribution >= 0.6 is 0 Å². The highest BCUT2D eigenvalue weighted by atomic mass is 19.4. The van der Waals surface area contributed by atoms with Crippen molar-refractivity contribution in [3.8, 4) is 11.1 Å². The molecule has 0 radical (unpaired) electrons. The maximum Gasteiger partial charge on any atom is 0.416 e. The Balaban J connectivity index is 2.06. The monoisotopic (exact) mass is 419 g/mol. The van der Waals surface area contributed by atoms with Gasteiger partial charge in [0.2, 0.25) is 0 Å². The SMILES string of the molecule is CC(C)CC(C(=O)O)c1cc(-c2ccc(C(F)(F)F)cc2)cc(C2CCCNC2)c1. The second-order valence-electron chi connectivity index (χ2n) is 8.53. The van der Waals surface area contributed by atoms with Crippen molar-refractivity contribution in [1.82, 2.24) is 5.32 Å². The topological polar surface area (TPSA) is 49.3 Å². The smallest absolute Gasteiger partial charge is 0.416 e. The Morgan fingerprint density at radius 2 is 1.83 bits per heavy atom. The summed E-state index contributed by atoms with van der Waals surface area (Å²) in [6.45, 7) is 5.76. The molecule has 1 heterocycles. The van der Waals surface area contributed by atoms with Crippen molar-refractivity contribution in [3.63, 3.8) is 0 Å². The minimum absolute atomic E-state index is 0.209. The quantitative estimate of drug-likeness (QED) is 0.599. The Hall–Kier alpha value is -2.34. The molecule has 162 valence electrons. The van der Waals surface area contributed by atoms with E-state index in [2.05, 4.69) is 5.32 Å². The molecule has 2 aromatic carbocycles. The van der Waals surface area contributed by atoms with Gasteiger partial charge in [0.15, 0.2) is 0 Å². The molecular formula is C24H28F3NO2. The lowest BCUT2D eigenvalue weighted by molar-refractivity contribution is -0.139. The first kappa shape index (κ1) is 22.3. The fraction of sp³-hybridized carbons (Fsp3) is 0.458. The van der Waals surface area contributed by atoms with Gasteiger partial charge in [0, 0.05) is 6.54 Å². The summed E-state index contributed by atoms with van der Waals surface area (Å²) in [5.74, 6) is -1.04. The van der Waals surface area contributed by atoms with Gasteiger partial charge in [0.05, 0.1) is 11.5 Å². The van der Waals surface area contributed by atoms with Gasteiger partial charge in [-0.05, 0) is 72.0 Å². The van der Waals surface area contributed by atoms with Crippen LogP contribution in [0.15, 0.2) is 42.5 Å². The number of hydrogen-bond donors (Lipinski definition) is 2. The fourth-order valence-electron chi connectivity index (χ4n) is 4.12. The van der Waals surface area contributed by atoms with Gasteiger partial charge < -0.3 is 10.4 Å². The van der Waals surface area contributed by atoms with Gasteiger partial charge in [-0.1, -0.05) is 44.2 Å².